The van der Waals surface area contributed by atoms with E-state index in [1.54, 1.807) is 26.0 Å². The molecule has 3 rings (SSSR count). The van der Waals surface area contributed by atoms with E-state index in [9.17, 15) is 27.9 Å². The van der Waals surface area contributed by atoms with Gasteiger partial charge in [0.15, 0.2) is 0 Å². The summed E-state index contributed by atoms with van der Waals surface area (Å²) < 4.78 is 27.7. The molecule has 33 heavy (non-hydrogen) atoms. The highest BCUT2D eigenvalue weighted by Crippen LogP contribution is 2.28. The molecular weight excluding hydrogens is 472 g/mol. The second-order valence-corrected chi connectivity index (χ2v) is 10.1. The zero-order chi connectivity index (χ0) is 24.4. The average molecular weight is 495 g/mol. The number of sulfonamides is 1. The molecule has 2 aromatic rings. The number of halogens is 1. The number of hydrogen-bond donors (Lipinski definition) is 4. The molecule has 0 saturated carbocycles. The fourth-order valence-corrected chi connectivity index (χ4v) is 4.45. The van der Waals surface area contributed by atoms with Crippen molar-refractivity contribution in [1.29, 1.82) is 0 Å². The minimum Gasteiger partial charge on any atom is -0.506 e. The number of benzene rings is 2. The second-order valence-electron chi connectivity index (χ2n) is 7.96. The number of carbonyl (C=O) groups excluding carboxylic acids is 3. The summed E-state index contributed by atoms with van der Waals surface area (Å²) in [7, 11) is -4.02. The molecule has 1 fully saturated rings. The molecule has 0 unspecified atom stereocenters. The number of phenolic OH excluding ortho intramolecular Hbond substituents is 1. The van der Waals surface area contributed by atoms with E-state index < -0.39 is 27.5 Å². The van der Waals surface area contributed by atoms with Gasteiger partial charge in [-0.25, -0.2) is 13.2 Å². The van der Waals surface area contributed by atoms with E-state index in [2.05, 4.69) is 15.4 Å². The van der Waals surface area contributed by atoms with Crippen LogP contribution >= 0.6 is 11.6 Å². The summed E-state index contributed by atoms with van der Waals surface area (Å²) in [4.78, 5) is 37.2. The number of anilines is 2. The van der Waals surface area contributed by atoms with Crippen LogP contribution in [0.15, 0.2) is 47.4 Å². The monoisotopic (exact) mass is 494 g/mol. The van der Waals surface area contributed by atoms with Crippen LogP contribution in [0.3, 0.4) is 0 Å². The molecular formula is C21H23ClN4O6S. The zero-order valence-corrected chi connectivity index (χ0v) is 19.5. The van der Waals surface area contributed by atoms with Crippen LogP contribution in [-0.4, -0.2) is 48.4 Å². The topological polar surface area (TPSA) is 145 Å². The van der Waals surface area contributed by atoms with Crippen LogP contribution in [0.2, 0.25) is 5.02 Å². The van der Waals surface area contributed by atoms with Crippen LogP contribution in [0.4, 0.5) is 16.2 Å². The van der Waals surface area contributed by atoms with Crippen LogP contribution in [0.1, 0.15) is 26.7 Å². The van der Waals surface area contributed by atoms with Gasteiger partial charge in [0.2, 0.25) is 5.91 Å². The number of carbonyl (C=O) groups is 3. The van der Waals surface area contributed by atoms with Crippen molar-refractivity contribution in [2.45, 2.75) is 37.1 Å². The van der Waals surface area contributed by atoms with Gasteiger partial charge in [-0.2, -0.15) is 0 Å². The van der Waals surface area contributed by atoms with E-state index in [0.717, 1.165) is 17.0 Å². The molecule has 0 spiro atoms. The highest BCUT2D eigenvalue weighted by atomic mass is 35.5. The predicted octanol–water partition coefficient (Wildman–Crippen LogP) is 2.90. The molecule has 0 radical (unpaired) electrons. The lowest BCUT2D eigenvalue weighted by Crippen LogP contribution is -2.40. The van der Waals surface area contributed by atoms with E-state index in [0.29, 0.717) is 5.02 Å². The highest BCUT2D eigenvalue weighted by molar-refractivity contribution is 7.92. The first-order valence-corrected chi connectivity index (χ1v) is 11.8. The molecule has 1 saturated heterocycles. The third-order valence-electron chi connectivity index (χ3n) is 4.86. The normalized spacial score (nSPS) is 15.3. The molecule has 1 aliphatic rings. The Kier molecular flexibility index (Phi) is 6.84. The van der Waals surface area contributed by atoms with Crippen molar-refractivity contribution in [2.24, 2.45) is 0 Å². The molecule has 4 amide bonds. The molecule has 12 heteroatoms. The SMILES string of the molecule is CC1(C)NC(=O)N(CCCC(=O)Nc2cc(S(=O)(=O)Nc3cccc(Cl)c3)ccc2O)C1=O. The number of imide groups is 1. The molecule has 2 aromatic carbocycles. The van der Waals surface area contributed by atoms with Gasteiger partial charge in [0.05, 0.1) is 16.3 Å². The zero-order valence-electron chi connectivity index (χ0n) is 17.9. The first kappa shape index (κ1) is 24.3. The molecule has 4 N–H and O–H groups in total. The summed E-state index contributed by atoms with van der Waals surface area (Å²) in [5, 5.41) is 15.4. The van der Waals surface area contributed by atoms with Gasteiger partial charge in [0.25, 0.3) is 15.9 Å². The second kappa shape index (κ2) is 9.28. The number of phenols is 1. The smallest absolute Gasteiger partial charge is 0.325 e. The van der Waals surface area contributed by atoms with E-state index >= 15 is 0 Å². The van der Waals surface area contributed by atoms with Crippen LogP contribution in [0.5, 0.6) is 5.75 Å². The van der Waals surface area contributed by atoms with Crippen LogP contribution < -0.4 is 15.4 Å². The third-order valence-corrected chi connectivity index (χ3v) is 6.47. The number of aromatic hydroxyl groups is 1. The van der Waals surface area contributed by atoms with E-state index in [1.807, 2.05) is 0 Å². The fraction of sp³-hybridized carbons (Fsp3) is 0.286. The predicted molar refractivity (Wildman–Crippen MR) is 123 cm³/mol. The number of hydrogen-bond acceptors (Lipinski definition) is 6. The molecule has 0 atom stereocenters. The first-order valence-electron chi connectivity index (χ1n) is 9.94. The van der Waals surface area contributed by atoms with E-state index in [-0.39, 0.29) is 47.3 Å². The molecule has 1 aliphatic heterocycles. The Morgan fingerprint density at radius 2 is 1.91 bits per heavy atom. The Labute approximate surface area is 196 Å². The van der Waals surface area contributed by atoms with Crippen molar-refractivity contribution in [1.82, 2.24) is 10.2 Å². The standard InChI is InChI=1S/C21H23ClN4O6S/c1-21(2)19(29)26(20(30)24-21)10-4-7-18(28)23-16-12-15(8-9-17(16)27)33(31,32)25-14-6-3-5-13(22)11-14/h3,5-6,8-9,11-12,25,27H,4,7,10H2,1-2H3,(H,23,28)(H,24,30). The van der Waals surface area contributed by atoms with Gasteiger partial charge in [0, 0.05) is 18.0 Å². The lowest BCUT2D eigenvalue weighted by Gasteiger charge is -2.16. The molecule has 10 nitrogen and oxygen atoms in total. The Morgan fingerprint density at radius 1 is 1.18 bits per heavy atom. The highest BCUT2D eigenvalue weighted by Gasteiger charge is 2.43. The number of nitrogens with one attached hydrogen (secondary N) is 3. The maximum atomic E-state index is 12.7. The average Bonchev–Trinajstić information content (AvgIpc) is 2.90. The summed E-state index contributed by atoms with van der Waals surface area (Å²) in [5.74, 6) is -1.22. The maximum absolute atomic E-state index is 12.7. The lowest BCUT2D eigenvalue weighted by molar-refractivity contribution is -0.130. The molecule has 0 aromatic heterocycles. The van der Waals surface area contributed by atoms with Crippen molar-refractivity contribution >= 4 is 50.8 Å². The quantitative estimate of drug-likeness (QED) is 0.328. The summed E-state index contributed by atoms with van der Waals surface area (Å²) in [6.07, 6.45) is 0.130. The van der Waals surface area contributed by atoms with Crippen LogP contribution in [0, 0.1) is 0 Å². The van der Waals surface area contributed by atoms with Crippen molar-refractivity contribution in [3.05, 3.63) is 47.5 Å². The maximum Gasteiger partial charge on any atom is 0.325 e. The van der Waals surface area contributed by atoms with Crippen molar-refractivity contribution < 1.29 is 27.9 Å². The van der Waals surface area contributed by atoms with Crippen LogP contribution in [0.25, 0.3) is 0 Å². The molecule has 176 valence electrons. The molecule has 1 heterocycles. The summed E-state index contributed by atoms with van der Waals surface area (Å²) in [6, 6.07) is 9.10. The third kappa shape index (κ3) is 5.74. The number of amides is 4. The van der Waals surface area contributed by atoms with Crippen LogP contribution in [-0.2, 0) is 19.6 Å². The Balaban J connectivity index is 1.63. The van der Waals surface area contributed by atoms with Gasteiger partial charge in [0.1, 0.15) is 11.3 Å². The lowest BCUT2D eigenvalue weighted by atomic mass is 10.1. The van der Waals surface area contributed by atoms with Gasteiger partial charge in [-0.1, -0.05) is 17.7 Å². The first-order chi connectivity index (χ1) is 15.4. The minimum absolute atomic E-state index is 0.0471. The molecule has 0 bridgehead atoms. The molecule has 0 aliphatic carbocycles. The van der Waals surface area contributed by atoms with Gasteiger partial charge >= 0.3 is 6.03 Å². The summed E-state index contributed by atoms with van der Waals surface area (Å²) in [5.41, 5.74) is -0.828. The largest absolute Gasteiger partial charge is 0.506 e. The number of rotatable bonds is 8. The number of nitrogens with zero attached hydrogens (tertiary/aromatic N) is 1. The fourth-order valence-electron chi connectivity index (χ4n) is 3.18. The van der Waals surface area contributed by atoms with E-state index in [4.69, 9.17) is 11.6 Å². The van der Waals surface area contributed by atoms with Gasteiger partial charge in [-0.05, 0) is 56.7 Å². The van der Waals surface area contributed by atoms with Crippen molar-refractivity contribution in [3.8, 4) is 5.75 Å². The van der Waals surface area contributed by atoms with Gasteiger partial charge < -0.3 is 15.7 Å². The summed E-state index contributed by atoms with van der Waals surface area (Å²) >= 11 is 5.88. The van der Waals surface area contributed by atoms with Crippen molar-refractivity contribution in [2.75, 3.05) is 16.6 Å². The van der Waals surface area contributed by atoms with Gasteiger partial charge in [-0.15, -0.1) is 0 Å². The van der Waals surface area contributed by atoms with Gasteiger partial charge in [-0.3, -0.25) is 19.2 Å². The summed E-state index contributed by atoms with van der Waals surface area (Å²) in [6.45, 7) is 3.22. The Bertz CT molecular complexity index is 1210. The minimum atomic E-state index is -4.02. The number of urea groups is 1. The Morgan fingerprint density at radius 3 is 2.55 bits per heavy atom. The van der Waals surface area contributed by atoms with Crippen molar-refractivity contribution in [3.63, 3.8) is 0 Å². The Hall–Kier alpha value is -3.31. The van der Waals surface area contributed by atoms with E-state index in [1.165, 1.54) is 18.2 Å².